The average molecular weight is 417 g/mol. The zero-order valence-electron chi connectivity index (χ0n) is 11.8. The van der Waals surface area contributed by atoms with Crippen LogP contribution in [-0.4, -0.2) is 15.0 Å². The fourth-order valence-electron chi connectivity index (χ4n) is 1.84. The lowest BCUT2D eigenvalue weighted by Gasteiger charge is -2.11. The predicted octanol–water partition coefficient (Wildman–Crippen LogP) is 3.80. The molecule has 0 fully saturated rings. The predicted molar refractivity (Wildman–Crippen MR) is 92.3 cm³/mol. The molecule has 2 rings (SSSR count). The maximum atomic E-state index is 12.4. The number of sulfonamides is 1. The molecule has 0 heterocycles. The third-order valence-electron chi connectivity index (χ3n) is 2.85. The molecular formula is C15H16INO3S. The minimum absolute atomic E-state index is 0.224. The first-order valence-corrected chi connectivity index (χ1v) is 9.00. The number of aryl methyl sites for hydroxylation is 1. The van der Waals surface area contributed by atoms with Gasteiger partial charge in [0.05, 0.1) is 11.5 Å². The monoisotopic (exact) mass is 417 g/mol. The molecule has 0 aliphatic rings. The van der Waals surface area contributed by atoms with Crippen LogP contribution in [0.15, 0.2) is 47.4 Å². The van der Waals surface area contributed by atoms with E-state index in [-0.39, 0.29) is 4.90 Å². The highest BCUT2D eigenvalue weighted by Gasteiger charge is 2.15. The molecule has 6 heteroatoms. The standard InChI is InChI=1S/C15H16INO3S/c1-3-20-15-9-8-14(10-11(15)2)21(18,19)17-13-6-4-12(16)5-7-13/h4-10,17H,3H2,1-2H3. The van der Waals surface area contributed by atoms with E-state index in [1.807, 2.05) is 26.0 Å². The van der Waals surface area contributed by atoms with Crippen molar-refractivity contribution in [2.75, 3.05) is 11.3 Å². The van der Waals surface area contributed by atoms with E-state index in [0.717, 1.165) is 9.13 Å². The highest BCUT2D eigenvalue weighted by Crippen LogP contribution is 2.23. The zero-order chi connectivity index (χ0) is 15.5. The van der Waals surface area contributed by atoms with Gasteiger partial charge < -0.3 is 4.74 Å². The third kappa shape index (κ3) is 4.10. The van der Waals surface area contributed by atoms with Crippen LogP contribution in [-0.2, 0) is 10.0 Å². The molecule has 0 saturated heterocycles. The van der Waals surface area contributed by atoms with Crippen molar-refractivity contribution in [3.8, 4) is 5.75 Å². The van der Waals surface area contributed by atoms with Crippen LogP contribution >= 0.6 is 22.6 Å². The normalized spacial score (nSPS) is 11.2. The molecule has 0 radical (unpaired) electrons. The fourth-order valence-corrected chi connectivity index (χ4v) is 3.34. The zero-order valence-corrected chi connectivity index (χ0v) is 14.7. The number of rotatable bonds is 5. The minimum atomic E-state index is -3.59. The molecule has 0 aliphatic carbocycles. The van der Waals surface area contributed by atoms with Gasteiger partial charge in [-0.05, 0) is 84.5 Å². The van der Waals surface area contributed by atoms with E-state index in [1.54, 1.807) is 30.3 Å². The molecule has 0 bridgehead atoms. The molecule has 4 nitrogen and oxygen atoms in total. The van der Waals surface area contributed by atoms with Crippen LogP contribution in [0.1, 0.15) is 12.5 Å². The lowest BCUT2D eigenvalue weighted by atomic mass is 10.2. The van der Waals surface area contributed by atoms with E-state index < -0.39 is 10.0 Å². The summed E-state index contributed by atoms with van der Waals surface area (Å²) in [6.45, 7) is 4.27. The molecule has 0 aliphatic heterocycles. The summed E-state index contributed by atoms with van der Waals surface area (Å²) >= 11 is 2.17. The SMILES string of the molecule is CCOc1ccc(S(=O)(=O)Nc2ccc(I)cc2)cc1C. The van der Waals surface area contributed by atoms with E-state index in [9.17, 15) is 8.42 Å². The topological polar surface area (TPSA) is 55.4 Å². The first-order valence-electron chi connectivity index (χ1n) is 6.44. The van der Waals surface area contributed by atoms with Crippen molar-refractivity contribution in [3.63, 3.8) is 0 Å². The van der Waals surface area contributed by atoms with Gasteiger partial charge in [-0.2, -0.15) is 0 Å². The smallest absolute Gasteiger partial charge is 0.261 e. The fraction of sp³-hybridized carbons (Fsp3) is 0.200. The number of ether oxygens (including phenoxy) is 1. The maximum Gasteiger partial charge on any atom is 0.261 e. The maximum absolute atomic E-state index is 12.4. The van der Waals surface area contributed by atoms with Gasteiger partial charge in [-0.15, -0.1) is 0 Å². The highest BCUT2D eigenvalue weighted by molar-refractivity contribution is 14.1. The Labute approximate surface area is 138 Å². The van der Waals surface area contributed by atoms with Crippen LogP contribution in [0.5, 0.6) is 5.75 Å². The Balaban J connectivity index is 2.27. The summed E-state index contributed by atoms with van der Waals surface area (Å²) in [5.74, 6) is 0.700. The molecule has 2 aromatic carbocycles. The van der Waals surface area contributed by atoms with Gasteiger partial charge in [0, 0.05) is 9.26 Å². The number of hydrogen-bond acceptors (Lipinski definition) is 3. The molecule has 0 atom stereocenters. The minimum Gasteiger partial charge on any atom is -0.494 e. The van der Waals surface area contributed by atoms with Gasteiger partial charge in [0.15, 0.2) is 0 Å². The molecule has 0 amide bonds. The molecule has 0 spiro atoms. The summed E-state index contributed by atoms with van der Waals surface area (Å²) in [5, 5.41) is 0. The molecule has 2 aromatic rings. The van der Waals surface area contributed by atoms with Crippen molar-refractivity contribution in [1.29, 1.82) is 0 Å². The Morgan fingerprint density at radius 3 is 2.38 bits per heavy atom. The van der Waals surface area contributed by atoms with Gasteiger partial charge in [0.1, 0.15) is 5.75 Å². The molecule has 1 N–H and O–H groups in total. The highest BCUT2D eigenvalue weighted by atomic mass is 127. The first-order chi connectivity index (χ1) is 9.92. The number of halogens is 1. The van der Waals surface area contributed by atoms with Crippen LogP contribution in [0.4, 0.5) is 5.69 Å². The lowest BCUT2D eigenvalue weighted by Crippen LogP contribution is -2.13. The van der Waals surface area contributed by atoms with Crippen molar-refractivity contribution in [2.24, 2.45) is 0 Å². The summed E-state index contributed by atoms with van der Waals surface area (Å²) < 4.78 is 33.7. The van der Waals surface area contributed by atoms with Crippen molar-refractivity contribution in [2.45, 2.75) is 18.7 Å². The van der Waals surface area contributed by atoms with Crippen molar-refractivity contribution >= 4 is 38.3 Å². The quantitative estimate of drug-likeness (QED) is 0.754. The van der Waals surface area contributed by atoms with Gasteiger partial charge in [-0.3, -0.25) is 4.72 Å². The van der Waals surface area contributed by atoms with Crippen molar-refractivity contribution in [3.05, 3.63) is 51.6 Å². The second-order valence-electron chi connectivity index (χ2n) is 4.47. The first kappa shape index (κ1) is 16.1. The van der Waals surface area contributed by atoms with Gasteiger partial charge in [0.25, 0.3) is 10.0 Å². The largest absolute Gasteiger partial charge is 0.494 e. The van der Waals surface area contributed by atoms with Crippen LogP contribution in [0.3, 0.4) is 0 Å². The van der Waals surface area contributed by atoms with Crippen LogP contribution < -0.4 is 9.46 Å². The van der Waals surface area contributed by atoms with Gasteiger partial charge in [-0.25, -0.2) is 8.42 Å². The Bertz CT molecular complexity index is 727. The van der Waals surface area contributed by atoms with Crippen molar-refractivity contribution < 1.29 is 13.2 Å². The Hall–Kier alpha value is -1.28. The second kappa shape index (κ2) is 6.65. The third-order valence-corrected chi connectivity index (χ3v) is 4.95. The van der Waals surface area contributed by atoms with Gasteiger partial charge >= 0.3 is 0 Å². The number of benzene rings is 2. The Morgan fingerprint density at radius 2 is 1.81 bits per heavy atom. The molecular weight excluding hydrogens is 401 g/mol. The molecule has 0 unspecified atom stereocenters. The average Bonchev–Trinajstić information content (AvgIpc) is 2.43. The number of nitrogens with one attached hydrogen (secondary N) is 1. The summed E-state index contributed by atoms with van der Waals surface area (Å²) in [4.78, 5) is 0.224. The summed E-state index contributed by atoms with van der Waals surface area (Å²) in [6.07, 6.45) is 0. The van der Waals surface area contributed by atoms with Crippen molar-refractivity contribution in [1.82, 2.24) is 0 Å². The van der Waals surface area contributed by atoms with E-state index >= 15 is 0 Å². The summed E-state index contributed by atoms with van der Waals surface area (Å²) in [7, 11) is -3.59. The molecule has 112 valence electrons. The van der Waals surface area contributed by atoms with Crippen LogP contribution in [0, 0.1) is 10.5 Å². The lowest BCUT2D eigenvalue weighted by molar-refractivity contribution is 0.337. The summed E-state index contributed by atoms with van der Waals surface area (Å²) in [6, 6.07) is 12.0. The van der Waals surface area contributed by atoms with E-state index in [2.05, 4.69) is 27.3 Å². The van der Waals surface area contributed by atoms with E-state index in [4.69, 9.17) is 4.74 Å². The second-order valence-corrected chi connectivity index (χ2v) is 7.40. The molecule has 0 aromatic heterocycles. The van der Waals surface area contributed by atoms with Gasteiger partial charge in [-0.1, -0.05) is 0 Å². The molecule has 21 heavy (non-hydrogen) atoms. The number of hydrogen-bond donors (Lipinski definition) is 1. The van der Waals surface area contributed by atoms with Crippen LogP contribution in [0.25, 0.3) is 0 Å². The number of anilines is 1. The summed E-state index contributed by atoms with van der Waals surface area (Å²) in [5.41, 5.74) is 1.34. The van der Waals surface area contributed by atoms with E-state index in [1.165, 1.54) is 0 Å². The Morgan fingerprint density at radius 1 is 1.14 bits per heavy atom. The Kier molecular flexibility index (Phi) is 5.10. The van der Waals surface area contributed by atoms with Gasteiger partial charge in [0.2, 0.25) is 0 Å². The van der Waals surface area contributed by atoms with E-state index in [0.29, 0.717) is 18.0 Å². The van der Waals surface area contributed by atoms with Crippen LogP contribution in [0.2, 0.25) is 0 Å². The molecule has 0 saturated carbocycles.